The lowest BCUT2D eigenvalue weighted by atomic mass is 9.84. The van der Waals surface area contributed by atoms with E-state index >= 15 is 0 Å². The lowest BCUT2D eigenvalue weighted by molar-refractivity contribution is 0.0109. The Hall–Kier alpha value is -6.93. The van der Waals surface area contributed by atoms with Crippen LogP contribution in [-0.4, -0.2) is 154 Å². The van der Waals surface area contributed by atoms with E-state index in [0.29, 0.717) is 47.3 Å². The molecule has 26 heteroatoms. The van der Waals surface area contributed by atoms with E-state index < -0.39 is 25.6 Å². The number of sulfonamides is 2. The van der Waals surface area contributed by atoms with Crippen molar-refractivity contribution in [3.8, 4) is 0 Å². The summed E-state index contributed by atoms with van der Waals surface area (Å²) >= 11 is 12.7. The summed E-state index contributed by atoms with van der Waals surface area (Å²) in [5.74, 6) is 3.81. The lowest BCUT2D eigenvalue weighted by Crippen LogP contribution is -2.53. The van der Waals surface area contributed by atoms with Gasteiger partial charge in [-0.1, -0.05) is 59.7 Å². The third-order valence-electron chi connectivity index (χ3n) is 21.3. The molecule has 508 valence electrons. The van der Waals surface area contributed by atoms with E-state index in [-0.39, 0.29) is 24.0 Å². The molecule has 2 unspecified atom stereocenters. The van der Waals surface area contributed by atoms with Gasteiger partial charge in [0.05, 0.1) is 52.3 Å². The van der Waals surface area contributed by atoms with E-state index in [1.54, 1.807) is 19.0 Å². The fourth-order valence-corrected chi connectivity index (χ4v) is 18.7. The molecule has 22 nitrogen and oxygen atoms in total. The molecule has 7 atom stereocenters. The minimum Gasteiger partial charge on any atom is -0.390 e. The van der Waals surface area contributed by atoms with Gasteiger partial charge in [0.25, 0.3) is 0 Å². The minimum absolute atomic E-state index is 0.0385. The molecule has 6 aliphatic heterocycles. The van der Waals surface area contributed by atoms with Gasteiger partial charge in [-0.25, -0.2) is 66.2 Å². The molecule has 0 radical (unpaired) electrons. The SMILES string of the molecule is C[C@@H]1Cc2ncnc(N3CC4CCC(C3)C4NS(C)(=O)=O)c2CN1c1ccnc2c1C=CC2.C[C@@H]1Cc2ncnc(N3CCC[C@@H](C(C)(C)O)C3)c2CN1c1cc(Cl)nc2c1C=CC2.C[C@@H]1Cc2ncnc(N3CCC[C@H](NS(C)(=O)=O)C3)c2CN1c1cc(Cl)nc2c1C=CC2. The lowest BCUT2D eigenvalue weighted by Gasteiger charge is -2.42. The van der Waals surface area contributed by atoms with Gasteiger partial charge >= 0.3 is 0 Å². The zero-order valence-electron chi connectivity index (χ0n) is 55.8. The van der Waals surface area contributed by atoms with Crippen LogP contribution in [0.2, 0.25) is 10.3 Å². The second-order valence-electron chi connectivity index (χ2n) is 28.6. The van der Waals surface area contributed by atoms with E-state index in [1.807, 2.05) is 32.2 Å². The average molecular weight is 1380 g/mol. The van der Waals surface area contributed by atoms with Crippen LogP contribution in [-0.2, 0) is 78.2 Å². The maximum absolute atomic E-state index is 11.9. The van der Waals surface area contributed by atoms with Gasteiger partial charge in [-0.2, -0.15) is 0 Å². The molecule has 0 aromatic carbocycles. The van der Waals surface area contributed by atoms with Gasteiger partial charge in [-0.15, -0.1) is 0 Å². The quantitative estimate of drug-likeness (QED) is 0.103. The summed E-state index contributed by atoms with van der Waals surface area (Å²) in [7, 11) is -6.46. The molecule has 3 saturated heterocycles. The van der Waals surface area contributed by atoms with Crippen LogP contribution in [0.25, 0.3) is 18.2 Å². The van der Waals surface area contributed by atoms with E-state index in [1.165, 1.54) is 40.5 Å². The summed E-state index contributed by atoms with van der Waals surface area (Å²) < 4.78 is 52.9. The number of allylic oxidation sites excluding steroid dienone is 3. The predicted octanol–water partition coefficient (Wildman–Crippen LogP) is 8.75. The summed E-state index contributed by atoms with van der Waals surface area (Å²) in [5, 5.41) is 11.6. The van der Waals surface area contributed by atoms with Gasteiger partial charge in [-0.05, 0) is 103 Å². The number of hydrogen-bond donors (Lipinski definition) is 3. The van der Waals surface area contributed by atoms with Crippen LogP contribution in [0.1, 0.15) is 141 Å². The summed E-state index contributed by atoms with van der Waals surface area (Å²) in [6.45, 7) is 17.6. The largest absolute Gasteiger partial charge is 0.390 e. The van der Waals surface area contributed by atoms with Gasteiger partial charge in [0, 0.05) is 190 Å². The average Bonchev–Trinajstić information content (AvgIpc) is 1.11. The smallest absolute Gasteiger partial charge is 0.209 e. The first-order chi connectivity index (χ1) is 46.0. The first-order valence-corrected chi connectivity index (χ1v) is 38.6. The van der Waals surface area contributed by atoms with Crippen LogP contribution in [0.4, 0.5) is 34.5 Å². The number of rotatable bonds is 11. The van der Waals surface area contributed by atoms with Gasteiger partial charge in [0.2, 0.25) is 20.0 Å². The van der Waals surface area contributed by atoms with E-state index in [4.69, 9.17) is 33.2 Å². The predicted molar refractivity (Wildman–Crippen MR) is 380 cm³/mol. The molecule has 0 spiro atoms. The second-order valence-corrected chi connectivity index (χ2v) is 32.9. The molecule has 6 aromatic rings. The Morgan fingerprint density at radius 3 is 1.44 bits per heavy atom. The van der Waals surface area contributed by atoms with Crippen molar-refractivity contribution in [3.05, 3.63) is 139 Å². The molecule has 2 bridgehead atoms. The molecule has 6 aromatic heterocycles. The van der Waals surface area contributed by atoms with E-state index in [0.717, 1.165) is 197 Å². The van der Waals surface area contributed by atoms with Gasteiger partial charge < -0.3 is 34.5 Å². The molecule has 4 aliphatic carbocycles. The van der Waals surface area contributed by atoms with Crippen LogP contribution in [0, 0.1) is 17.8 Å². The van der Waals surface area contributed by atoms with Crippen molar-refractivity contribution in [2.75, 3.05) is 81.2 Å². The van der Waals surface area contributed by atoms with Crippen molar-refractivity contribution in [2.45, 2.75) is 167 Å². The zero-order valence-corrected chi connectivity index (χ0v) is 59.0. The minimum atomic E-state index is -3.25. The molecular weight excluding hydrogens is 1290 g/mol. The standard InChI is InChI=1S/C24H30ClN5O.C24H30N6O2S.C22H27ClN6O2S/c1-15-10-20-18(13-30(15)21-11-22(25)28-19-8-4-7-17(19)21)23(27-14-26-20)29-9-5-6-16(12-29)24(2,3)31;1-15-10-21-19(13-30(15)22-8-9-25-20-5-3-4-18(20)22)24(27-14-26-21)29-11-16-6-7-17(12-29)23(16)28-33(2,31)32;1-14-9-19-17(12-29(14)20-10-21(23)26-18-7-3-6-16(18)20)22(25-13-24-19)28-8-4-5-15(11-28)27-32(2,30)31/h4,7,11,14-16,31H,5-6,8-10,12-13H2,1-3H3;3-4,8-9,14-17,23,28H,5-7,10-13H2,1-2H3;3,6,10,13-15,27H,4-5,7-9,11-12H2,1-2H3/t15-,16-;15-,16?,17?,23?;14-,15+/m111/s1. The topological polar surface area (TPSA) is 248 Å². The molecule has 10 aliphatic rings. The Kier molecular flexibility index (Phi) is 18.5. The van der Waals surface area contributed by atoms with Crippen molar-refractivity contribution >= 4 is 96.0 Å². The number of pyridine rings is 3. The Morgan fingerprint density at radius 1 is 0.521 bits per heavy atom. The van der Waals surface area contributed by atoms with Gasteiger partial charge in [-0.3, -0.25) is 4.98 Å². The molecule has 12 heterocycles. The fourth-order valence-electron chi connectivity index (χ4n) is 16.6. The number of nitrogens with one attached hydrogen (secondary N) is 2. The maximum atomic E-state index is 11.9. The number of fused-ring (bicyclic) bond motifs is 8. The summed E-state index contributed by atoms with van der Waals surface area (Å²) in [6.07, 6.45) is 33.4. The van der Waals surface area contributed by atoms with Crippen molar-refractivity contribution in [2.24, 2.45) is 17.8 Å². The number of piperidine rings is 3. The third kappa shape index (κ3) is 13.8. The fraction of sp³-hybridized carbons (Fsp3) is 0.529. The summed E-state index contributed by atoms with van der Waals surface area (Å²) in [6, 6.07) is 6.89. The third-order valence-corrected chi connectivity index (χ3v) is 23.2. The molecule has 3 N–H and O–H groups in total. The first kappa shape index (κ1) is 66.3. The Morgan fingerprint density at radius 2 is 0.958 bits per heavy atom. The number of aromatic nitrogens is 9. The molecule has 1 saturated carbocycles. The molecule has 4 fully saturated rings. The Bertz CT molecular complexity index is 4290. The number of aliphatic hydroxyl groups is 1. The van der Waals surface area contributed by atoms with Crippen LogP contribution >= 0.6 is 23.2 Å². The number of nitrogens with zero attached hydrogens (tertiary/aromatic N) is 15. The van der Waals surface area contributed by atoms with E-state index in [2.05, 4.69) is 137 Å². The van der Waals surface area contributed by atoms with Crippen molar-refractivity contribution in [1.82, 2.24) is 54.3 Å². The van der Waals surface area contributed by atoms with Crippen LogP contribution in [0.5, 0.6) is 0 Å². The number of halogens is 2. The normalized spacial score (nSPS) is 24.7. The Labute approximate surface area is 574 Å². The van der Waals surface area contributed by atoms with Crippen molar-refractivity contribution < 1.29 is 21.9 Å². The molecule has 16 rings (SSSR count). The molecule has 0 amide bonds. The highest BCUT2D eigenvalue weighted by Crippen LogP contribution is 2.44. The van der Waals surface area contributed by atoms with Crippen LogP contribution in [0.3, 0.4) is 0 Å². The Balaban J connectivity index is 0.000000124. The molecule has 96 heavy (non-hydrogen) atoms. The van der Waals surface area contributed by atoms with Gasteiger partial charge in [0.15, 0.2) is 0 Å². The van der Waals surface area contributed by atoms with Crippen LogP contribution in [0.15, 0.2) is 61.6 Å². The second kappa shape index (κ2) is 26.7. The zero-order chi connectivity index (χ0) is 66.9. The highest BCUT2D eigenvalue weighted by molar-refractivity contribution is 7.89. The maximum Gasteiger partial charge on any atom is 0.209 e. The monoisotopic (exact) mass is 1380 g/mol. The summed E-state index contributed by atoms with van der Waals surface area (Å²) in [4.78, 5) is 55.8. The van der Waals surface area contributed by atoms with Crippen LogP contribution < -0.4 is 38.8 Å². The summed E-state index contributed by atoms with van der Waals surface area (Å²) in [5.41, 5.74) is 16.4. The number of hydrogen-bond acceptors (Lipinski definition) is 20. The highest BCUT2D eigenvalue weighted by Gasteiger charge is 2.45. The van der Waals surface area contributed by atoms with Gasteiger partial charge in [0.1, 0.15) is 46.7 Å². The highest BCUT2D eigenvalue weighted by atomic mass is 35.5. The number of anilines is 6. The van der Waals surface area contributed by atoms with Crippen molar-refractivity contribution in [3.63, 3.8) is 0 Å². The van der Waals surface area contributed by atoms with E-state index in [9.17, 15) is 21.9 Å². The first-order valence-electron chi connectivity index (χ1n) is 34.0. The molecular formula is C70H87Cl2N17O5S2. The van der Waals surface area contributed by atoms with Crippen molar-refractivity contribution in [1.29, 1.82) is 0 Å².